The molecule has 0 bridgehead atoms. The van der Waals surface area contributed by atoms with E-state index in [1.165, 1.54) is 14.1 Å². The lowest BCUT2D eigenvalue weighted by atomic mass is 10.2. The zero-order valence-electron chi connectivity index (χ0n) is 17.2. The Bertz CT molecular complexity index is 1290. The van der Waals surface area contributed by atoms with Crippen molar-refractivity contribution in [1.29, 1.82) is 0 Å². The van der Waals surface area contributed by atoms with Crippen molar-refractivity contribution in [1.82, 2.24) is 13.9 Å². The highest BCUT2D eigenvalue weighted by Crippen LogP contribution is 2.39. The largest absolute Gasteiger partial charge is 0.454 e. The number of nitrogens with zero attached hydrogens (tertiary/aromatic N) is 3. The summed E-state index contributed by atoms with van der Waals surface area (Å²) in [5, 5.41) is 3.13. The number of hydrogen-bond acceptors (Lipinski definition) is 6. The molecule has 0 saturated carbocycles. The Labute approximate surface area is 184 Å². The molecule has 164 valence electrons. The van der Waals surface area contributed by atoms with E-state index >= 15 is 0 Å². The van der Waals surface area contributed by atoms with Crippen molar-refractivity contribution < 1.29 is 22.7 Å². The highest BCUT2D eigenvalue weighted by atomic mass is 35.5. The molecule has 1 N–H and O–H groups in total. The van der Waals surface area contributed by atoms with E-state index in [9.17, 15) is 13.2 Å². The van der Waals surface area contributed by atoms with Crippen LogP contribution in [0.3, 0.4) is 0 Å². The lowest BCUT2D eigenvalue weighted by molar-refractivity contribution is -0.116. The fourth-order valence-corrected chi connectivity index (χ4v) is 4.40. The number of ether oxygens (including phenoxy) is 2. The van der Waals surface area contributed by atoms with Gasteiger partial charge in [-0.05, 0) is 18.2 Å². The first-order chi connectivity index (χ1) is 14.7. The van der Waals surface area contributed by atoms with E-state index < -0.39 is 10.0 Å². The Morgan fingerprint density at radius 1 is 1.23 bits per heavy atom. The van der Waals surface area contributed by atoms with E-state index in [0.29, 0.717) is 40.0 Å². The summed E-state index contributed by atoms with van der Waals surface area (Å²) < 4.78 is 38.3. The van der Waals surface area contributed by atoms with Crippen molar-refractivity contribution in [2.75, 3.05) is 26.2 Å². The van der Waals surface area contributed by atoms with Gasteiger partial charge in [0, 0.05) is 46.1 Å². The first kappa shape index (κ1) is 21.4. The summed E-state index contributed by atoms with van der Waals surface area (Å²) in [5.41, 5.74) is 1.78. The molecule has 2 aromatic carbocycles. The average Bonchev–Trinajstić information content (AvgIpc) is 3.30. The lowest BCUT2D eigenvalue weighted by Gasteiger charge is -2.11. The van der Waals surface area contributed by atoms with Gasteiger partial charge in [0.05, 0.1) is 26.6 Å². The number of aromatic nitrogens is 2. The molecule has 0 atom stereocenters. The minimum absolute atomic E-state index is 0.118. The van der Waals surface area contributed by atoms with Crippen LogP contribution in [0.1, 0.15) is 12.2 Å². The number of imidazole rings is 1. The average molecular weight is 465 g/mol. The van der Waals surface area contributed by atoms with Crippen LogP contribution in [0.2, 0.25) is 5.02 Å². The molecular weight excluding hydrogens is 444 g/mol. The highest BCUT2D eigenvalue weighted by Gasteiger charge is 2.20. The number of aryl methyl sites for hydroxylation is 2. The number of halogens is 1. The highest BCUT2D eigenvalue weighted by molar-refractivity contribution is 7.89. The second-order valence-corrected chi connectivity index (χ2v) is 9.82. The smallest absolute Gasteiger partial charge is 0.242 e. The number of sulfonamides is 1. The maximum atomic E-state index is 12.5. The third-order valence-corrected chi connectivity index (χ3v) is 7.16. The molecule has 9 nitrogen and oxygen atoms in total. The summed E-state index contributed by atoms with van der Waals surface area (Å²) in [6.45, 7) is 0.118. The van der Waals surface area contributed by atoms with E-state index in [1.54, 1.807) is 30.3 Å². The van der Waals surface area contributed by atoms with Gasteiger partial charge in [0.15, 0.2) is 11.5 Å². The molecule has 3 aromatic rings. The van der Waals surface area contributed by atoms with E-state index in [-0.39, 0.29) is 24.0 Å². The summed E-state index contributed by atoms with van der Waals surface area (Å²) >= 11 is 6.20. The predicted molar refractivity (Wildman–Crippen MR) is 116 cm³/mol. The van der Waals surface area contributed by atoms with Crippen LogP contribution in [0, 0.1) is 0 Å². The molecule has 0 spiro atoms. The minimum atomic E-state index is -3.55. The summed E-state index contributed by atoms with van der Waals surface area (Å²) in [6, 6.07) is 8.04. The number of carbonyl (C=O) groups excluding carboxylic acids is 1. The fraction of sp³-hybridized carbons (Fsp3) is 0.300. The van der Waals surface area contributed by atoms with Crippen molar-refractivity contribution >= 4 is 44.3 Å². The molecule has 1 aliphatic rings. The predicted octanol–water partition coefficient (Wildman–Crippen LogP) is 2.78. The van der Waals surface area contributed by atoms with E-state index in [0.717, 1.165) is 9.82 Å². The van der Waals surface area contributed by atoms with Crippen LogP contribution in [0.25, 0.3) is 11.0 Å². The van der Waals surface area contributed by atoms with Crippen molar-refractivity contribution in [2.24, 2.45) is 7.05 Å². The molecule has 0 aliphatic carbocycles. The fourth-order valence-electron chi connectivity index (χ4n) is 3.28. The molecular formula is C20H21ClN4O5S. The Balaban J connectivity index is 1.49. The number of carbonyl (C=O) groups is 1. The molecule has 1 aliphatic heterocycles. The number of benzene rings is 2. The molecule has 2 heterocycles. The van der Waals surface area contributed by atoms with Crippen LogP contribution in [0.5, 0.6) is 11.5 Å². The second kappa shape index (κ2) is 8.03. The van der Waals surface area contributed by atoms with Crippen molar-refractivity contribution in [3.8, 4) is 11.5 Å². The molecule has 1 aromatic heterocycles. The zero-order chi connectivity index (χ0) is 22.3. The van der Waals surface area contributed by atoms with Crippen molar-refractivity contribution in [3.05, 3.63) is 41.2 Å². The molecule has 0 saturated heterocycles. The number of nitrogens with one attached hydrogen (secondary N) is 1. The molecule has 0 radical (unpaired) electrons. The molecule has 31 heavy (non-hydrogen) atoms. The second-order valence-electron chi connectivity index (χ2n) is 7.26. The number of anilines is 1. The number of hydrogen-bond donors (Lipinski definition) is 1. The molecule has 0 fully saturated rings. The first-order valence-corrected chi connectivity index (χ1v) is 11.3. The standard InChI is InChI=1S/C20H21ClN4O5S/c1-24(2)31(27,28)12-4-5-16-15(8-12)22-19(25(16)3)6-7-20(26)23-14-10-18-17(9-13(14)21)29-11-30-18/h4-5,8-10H,6-7,11H2,1-3H3,(H,23,26). The number of rotatable bonds is 6. The van der Waals surface area contributed by atoms with Gasteiger partial charge in [-0.2, -0.15) is 0 Å². The monoisotopic (exact) mass is 464 g/mol. The number of amides is 1. The van der Waals surface area contributed by atoms with Crippen LogP contribution in [-0.2, 0) is 28.3 Å². The van der Waals surface area contributed by atoms with Gasteiger partial charge in [-0.1, -0.05) is 11.6 Å². The van der Waals surface area contributed by atoms with Gasteiger partial charge >= 0.3 is 0 Å². The Kier molecular flexibility index (Phi) is 5.54. The van der Waals surface area contributed by atoms with Gasteiger partial charge in [-0.3, -0.25) is 4.79 Å². The van der Waals surface area contributed by atoms with Crippen molar-refractivity contribution in [2.45, 2.75) is 17.7 Å². The van der Waals surface area contributed by atoms with Crippen LogP contribution >= 0.6 is 11.6 Å². The lowest BCUT2D eigenvalue weighted by Crippen LogP contribution is -2.22. The molecule has 11 heteroatoms. The topological polar surface area (TPSA) is 103 Å². The van der Waals surface area contributed by atoms with E-state index in [2.05, 4.69) is 10.3 Å². The summed E-state index contributed by atoms with van der Waals surface area (Å²) in [7, 11) is 1.24. The molecule has 4 rings (SSSR count). The first-order valence-electron chi connectivity index (χ1n) is 9.43. The quantitative estimate of drug-likeness (QED) is 0.601. The summed E-state index contributed by atoms with van der Waals surface area (Å²) in [4.78, 5) is 17.2. The maximum absolute atomic E-state index is 12.5. The summed E-state index contributed by atoms with van der Waals surface area (Å²) in [5.74, 6) is 1.50. The maximum Gasteiger partial charge on any atom is 0.242 e. The van der Waals surface area contributed by atoms with Crippen LogP contribution in [0.4, 0.5) is 5.69 Å². The van der Waals surface area contributed by atoms with Gasteiger partial charge in [-0.15, -0.1) is 0 Å². The third kappa shape index (κ3) is 4.06. The molecule has 1 amide bonds. The van der Waals surface area contributed by atoms with Gasteiger partial charge < -0.3 is 19.4 Å². The normalized spacial score (nSPS) is 13.2. The summed E-state index contributed by atoms with van der Waals surface area (Å²) in [6.07, 6.45) is 0.541. The van der Waals surface area contributed by atoms with Crippen molar-refractivity contribution in [3.63, 3.8) is 0 Å². The molecule has 0 unspecified atom stereocenters. The van der Waals surface area contributed by atoms with Crippen LogP contribution < -0.4 is 14.8 Å². The van der Waals surface area contributed by atoms with E-state index in [1.807, 2.05) is 11.6 Å². The third-order valence-electron chi connectivity index (χ3n) is 5.04. The Morgan fingerprint density at radius 2 is 1.94 bits per heavy atom. The SMILES string of the molecule is CN(C)S(=O)(=O)c1ccc2c(c1)nc(CCC(=O)Nc1cc3c(cc1Cl)OCO3)n2C. The minimum Gasteiger partial charge on any atom is -0.454 e. The van der Waals surface area contributed by atoms with Crippen LogP contribution in [0.15, 0.2) is 35.2 Å². The Hall–Kier alpha value is -2.82. The number of fused-ring (bicyclic) bond motifs is 2. The van der Waals surface area contributed by atoms with Gasteiger partial charge in [-0.25, -0.2) is 17.7 Å². The van der Waals surface area contributed by atoms with Gasteiger partial charge in [0.25, 0.3) is 0 Å². The van der Waals surface area contributed by atoms with Gasteiger partial charge in [0.2, 0.25) is 22.7 Å². The zero-order valence-corrected chi connectivity index (χ0v) is 18.7. The van der Waals surface area contributed by atoms with Crippen LogP contribution in [-0.4, -0.2) is 49.1 Å². The van der Waals surface area contributed by atoms with E-state index in [4.69, 9.17) is 21.1 Å². The van der Waals surface area contributed by atoms with Gasteiger partial charge in [0.1, 0.15) is 5.82 Å². The Morgan fingerprint density at radius 3 is 2.65 bits per heavy atom.